The van der Waals surface area contributed by atoms with Crippen molar-refractivity contribution in [2.75, 3.05) is 11.9 Å². The Morgan fingerprint density at radius 2 is 2.00 bits per heavy atom. The number of nitrogens with zero attached hydrogens (tertiary/aromatic N) is 1. The lowest BCUT2D eigenvalue weighted by Crippen LogP contribution is -2.39. The molecule has 2 aliphatic rings. The number of pyridine rings is 1. The number of amides is 2. The lowest BCUT2D eigenvalue weighted by Gasteiger charge is -2.29. The minimum atomic E-state index is -0.569. The second-order valence-corrected chi connectivity index (χ2v) is 9.53. The molecule has 4 N–H and O–H groups in total. The highest BCUT2D eigenvalue weighted by molar-refractivity contribution is 6.06. The van der Waals surface area contributed by atoms with Crippen molar-refractivity contribution in [3.05, 3.63) is 63.1 Å². The van der Waals surface area contributed by atoms with Gasteiger partial charge in [0.2, 0.25) is 5.91 Å². The first-order chi connectivity index (χ1) is 15.1. The minimum Gasteiger partial charge on any atom is -0.368 e. The fraction of sp³-hybridized carbons (Fsp3) is 0.417. The molecule has 168 valence electrons. The summed E-state index contributed by atoms with van der Waals surface area (Å²) >= 11 is 0. The average Bonchev–Trinajstić information content (AvgIpc) is 3.15. The van der Waals surface area contributed by atoms with E-state index in [1.165, 1.54) is 6.07 Å². The number of H-pyrrole nitrogens is 1. The number of anilines is 1. The number of Topliss-reactive ketones (excluding diaryl/α,β-unsaturated/α-hetero) is 1. The van der Waals surface area contributed by atoms with Crippen molar-refractivity contribution in [2.24, 2.45) is 11.1 Å². The smallest absolute Gasteiger partial charge is 0.261 e. The molecule has 8 heteroatoms. The van der Waals surface area contributed by atoms with Gasteiger partial charge in [-0.1, -0.05) is 26.0 Å². The van der Waals surface area contributed by atoms with E-state index >= 15 is 0 Å². The van der Waals surface area contributed by atoms with Crippen molar-refractivity contribution in [1.29, 1.82) is 0 Å². The Kier molecular flexibility index (Phi) is 5.73. The Hall–Kier alpha value is -3.26. The minimum absolute atomic E-state index is 0.0711. The van der Waals surface area contributed by atoms with E-state index in [0.29, 0.717) is 36.3 Å². The SMILES string of the molecule is CC1(C)CC(=O)c2cc(C(=O)Nc3cccc(CN4CCCC4C(N)=O)c3)c(=O)[nH]c2C1. The van der Waals surface area contributed by atoms with Gasteiger partial charge in [-0.15, -0.1) is 0 Å². The molecule has 4 rings (SSSR count). The van der Waals surface area contributed by atoms with Gasteiger partial charge >= 0.3 is 0 Å². The number of primary amides is 1. The molecule has 0 bridgehead atoms. The number of carbonyl (C=O) groups excluding carboxylic acids is 3. The van der Waals surface area contributed by atoms with Crippen molar-refractivity contribution in [3.8, 4) is 0 Å². The normalized spacial score (nSPS) is 20.1. The van der Waals surface area contributed by atoms with Gasteiger partial charge in [-0.05, 0) is 55.0 Å². The molecule has 8 nitrogen and oxygen atoms in total. The van der Waals surface area contributed by atoms with Crippen LogP contribution in [0, 0.1) is 5.41 Å². The summed E-state index contributed by atoms with van der Waals surface area (Å²) in [5.74, 6) is -0.963. The third-order valence-electron chi connectivity index (χ3n) is 6.22. The van der Waals surface area contributed by atoms with E-state index in [9.17, 15) is 19.2 Å². The van der Waals surface area contributed by atoms with Crippen LogP contribution in [-0.4, -0.2) is 40.1 Å². The van der Waals surface area contributed by atoms with Gasteiger partial charge in [-0.3, -0.25) is 24.1 Å². The second-order valence-electron chi connectivity index (χ2n) is 9.53. The van der Waals surface area contributed by atoms with Gasteiger partial charge in [0.05, 0.1) is 6.04 Å². The third kappa shape index (κ3) is 4.50. The van der Waals surface area contributed by atoms with Gasteiger partial charge in [0, 0.05) is 29.9 Å². The maximum absolute atomic E-state index is 12.8. The number of nitrogens with one attached hydrogen (secondary N) is 2. The highest BCUT2D eigenvalue weighted by Crippen LogP contribution is 2.33. The second kappa shape index (κ2) is 8.35. The molecule has 1 unspecified atom stereocenters. The van der Waals surface area contributed by atoms with Crippen LogP contribution < -0.4 is 16.6 Å². The number of benzene rings is 1. The number of aromatic nitrogens is 1. The molecular weight excluding hydrogens is 408 g/mol. The molecule has 1 aliphatic carbocycles. The molecule has 1 atom stereocenters. The zero-order chi connectivity index (χ0) is 23.0. The summed E-state index contributed by atoms with van der Waals surface area (Å²) in [5.41, 5.74) is 7.13. The summed E-state index contributed by atoms with van der Waals surface area (Å²) in [6, 6.07) is 8.41. The van der Waals surface area contributed by atoms with Gasteiger partial charge < -0.3 is 16.0 Å². The van der Waals surface area contributed by atoms with Crippen LogP contribution in [0.3, 0.4) is 0 Å². The van der Waals surface area contributed by atoms with Crippen LogP contribution in [0.4, 0.5) is 5.69 Å². The largest absolute Gasteiger partial charge is 0.368 e. The molecule has 1 aromatic carbocycles. The van der Waals surface area contributed by atoms with E-state index in [2.05, 4.69) is 10.3 Å². The molecule has 1 fully saturated rings. The lowest BCUT2D eigenvalue weighted by molar-refractivity contribution is -0.122. The number of fused-ring (bicyclic) bond motifs is 1. The zero-order valence-electron chi connectivity index (χ0n) is 18.4. The van der Waals surface area contributed by atoms with E-state index in [4.69, 9.17) is 5.73 Å². The Balaban J connectivity index is 1.52. The first kappa shape index (κ1) is 22.0. The number of hydrogen-bond acceptors (Lipinski definition) is 5. The number of aromatic amines is 1. The van der Waals surface area contributed by atoms with Crippen molar-refractivity contribution in [3.63, 3.8) is 0 Å². The van der Waals surface area contributed by atoms with E-state index in [1.807, 2.05) is 36.9 Å². The van der Waals surface area contributed by atoms with Gasteiger partial charge in [0.1, 0.15) is 5.56 Å². The molecule has 1 saturated heterocycles. The number of carbonyl (C=O) groups is 3. The van der Waals surface area contributed by atoms with E-state index < -0.39 is 11.5 Å². The monoisotopic (exact) mass is 436 g/mol. The molecule has 0 saturated carbocycles. The first-order valence-electron chi connectivity index (χ1n) is 10.9. The molecule has 1 aromatic heterocycles. The predicted octanol–water partition coefficient (Wildman–Crippen LogP) is 2.23. The quantitative estimate of drug-likeness (QED) is 0.663. The Labute approximate surface area is 186 Å². The summed E-state index contributed by atoms with van der Waals surface area (Å²) in [6.07, 6.45) is 2.62. The summed E-state index contributed by atoms with van der Waals surface area (Å²) in [7, 11) is 0. The molecule has 1 aliphatic heterocycles. The highest BCUT2D eigenvalue weighted by Gasteiger charge is 2.33. The maximum Gasteiger partial charge on any atom is 0.261 e. The van der Waals surface area contributed by atoms with E-state index in [-0.39, 0.29) is 28.7 Å². The van der Waals surface area contributed by atoms with Crippen LogP contribution in [0.1, 0.15) is 65.1 Å². The van der Waals surface area contributed by atoms with E-state index in [0.717, 1.165) is 24.9 Å². The number of ketones is 1. The molecule has 0 radical (unpaired) electrons. The van der Waals surface area contributed by atoms with Crippen molar-refractivity contribution in [2.45, 2.75) is 52.1 Å². The van der Waals surface area contributed by atoms with Crippen LogP contribution in [0.25, 0.3) is 0 Å². The summed E-state index contributed by atoms with van der Waals surface area (Å²) in [4.78, 5) is 54.3. The predicted molar refractivity (Wildman–Crippen MR) is 121 cm³/mol. The van der Waals surface area contributed by atoms with Crippen molar-refractivity contribution in [1.82, 2.24) is 9.88 Å². The summed E-state index contributed by atoms with van der Waals surface area (Å²) in [6.45, 7) is 5.29. The number of nitrogens with two attached hydrogens (primary N) is 1. The van der Waals surface area contributed by atoms with Crippen LogP contribution in [0.5, 0.6) is 0 Å². The third-order valence-corrected chi connectivity index (χ3v) is 6.22. The molecule has 2 amide bonds. The van der Waals surface area contributed by atoms with E-state index in [1.54, 1.807) is 6.07 Å². The highest BCUT2D eigenvalue weighted by atomic mass is 16.2. The molecule has 2 heterocycles. The number of likely N-dealkylation sites (tertiary alicyclic amines) is 1. The fourth-order valence-corrected chi connectivity index (χ4v) is 4.71. The molecular formula is C24H28N4O4. The zero-order valence-corrected chi connectivity index (χ0v) is 18.4. The van der Waals surface area contributed by atoms with Crippen LogP contribution in [0.15, 0.2) is 35.1 Å². The summed E-state index contributed by atoms with van der Waals surface area (Å²) in [5, 5.41) is 2.76. The van der Waals surface area contributed by atoms with Gasteiger partial charge in [0.15, 0.2) is 5.78 Å². The molecule has 32 heavy (non-hydrogen) atoms. The van der Waals surface area contributed by atoms with Crippen molar-refractivity contribution >= 4 is 23.3 Å². The van der Waals surface area contributed by atoms with Crippen LogP contribution in [-0.2, 0) is 17.8 Å². The fourth-order valence-electron chi connectivity index (χ4n) is 4.71. The summed E-state index contributed by atoms with van der Waals surface area (Å²) < 4.78 is 0. The molecule has 0 spiro atoms. The lowest BCUT2D eigenvalue weighted by atomic mass is 9.75. The standard InChI is InChI=1S/C24H28N4O4/c1-24(2)11-18-16(20(29)12-24)10-17(23(32)27-18)22(31)26-15-6-3-5-14(9-15)13-28-8-4-7-19(28)21(25)30/h3,5-6,9-10,19H,4,7-8,11-13H2,1-2H3,(H2,25,30)(H,26,31)(H,27,32). The van der Waals surface area contributed by atoms with Gasteiger partial charge in [0.25, 0.3) is 11.5 Å². The molecule has 2 aromatic rings. The average molecular weight is 437 g/mol. The first-order valence-corrected chi connectivity index (χ1v) is 10.9. The Morgan fingerprint density at radius 3 is 2.75 bits per heavy atom. The Morgan fingerprint density at radius 1 is 1.22 bits per heavy atom. The topological polar surface area (TPSA) is 125 Å². The Bertz CT molecular complexity index is 1150. The van der Waals surface area contributed by atoms with Crippen molar-refractivity contribution < 1.29 is 14.4 Å². The van der Waals surface area contributed by atoms with Gasteiger partial charge in [-0.25, -0.2) is 0 Å². The van der Waals surface area contributed by atoms with Crippen LogP contribution >= 0.6 is 0 Å². The van der Waals surface area contributed by atoms with Gasteiger partial charge in [-0.2, -0.15) is 0 Å². The van der Waals surface area contributed by atoms with Crippen LogP contribution in [0.2, 0.25) is 0 Å². The number of hydrogen-bond donors (Lipinski definition) is 3. The number of rotatable bonds is 5. The maximum atomic E-state index is 12.8.